The predicted molar refractivity (Wildman–Crippen MR) is 71.8 cm³/mol. The van der Waals surface area contributed by atoms with Gasteiger partial charge in [-0.1, -0.05) is 18.2 Å². The van der Waals surface area contributed by atoms with E-state index in [-0.39, 0.29) is 11.7 Å². The molecular weight excluding hydrogens is 315 g/mol. The Morgan fingerprint density at radius 1 is 1.50 bits per heavy atom. The van der Waals surface area contributed by atoms with Crippen LogP contribution in [0.3, 0.4) is 0 Å². The fraction of sp³-hybridized carbons (Fsp3) is 0.462. The largest absolute Gasteiger partial charge is 0.381 e. The minimum Gasteiger partial charge on any atom is -0.381 e. The Hall–Kier alpha value is -0.420. The fourth-order valence-corrected chi connectivity index (χ4v) is 2.63. The van der Waals surface area contributed by atoms with Crippen LogP contribution in [0.5, 0.6) is 0 Å². The molecule has 0 saturated carbocycles. The van der Waals surface area contributed by atoms with E-state index in [1.165, 1.54) is 5.56 Å². The van der Waals surface area contributed by atoms with Gasteiger partial charge in [0.2, 0.25) is 0 Å². The summed E-state index contributed by atoms with van der Waals surface area (Å²) < 4.78 is 6.45. The van der Waals surface area contributed by atoms with Crippen LogP contribution in [0.2, 0.25) is 0 Å². The molecule has 1 unspecified atom stereocenters. The zero-order valence-electron chi connectivity index (χ0n) is 9.33. The maximum Gasteiger partial charge on any atom is 0.169 e. The summed E-state index contributed by atoms with van der Waals surface area (Å²) in [7, 11) is 0. The first-order valence-corrected chi connectivity index (χ1v) is 6.65. The molecule has 86 valence electrons. The minimum atomic E-state index is 0.0593. The third-order valence-corrected chi connectivity index (χ3v) is 4.42. The van der Waals surface area contributed by atoms with Gasteiger partial charge in [-0.25, -0.2) is 0 Å². The van der Waals surface area contributed by atoms with E-state index in [9.17, 15) is 4.79 Å². The van der Waals surface area contributed by atoms with Crippen LogP contribution < -0.4 is 0 Å². The van der Waals surface area contributed by atoms with Crippen LogP contribution in [0.25, 0.3) is 0 Å². The Labute approximate surface area is 110 Å². The highest BCUT2D eigenvalue weighted by Gasteiger charge is 2.24. The number of hydrogen-bond donors (Lipinski definition) is 0. The molecule has 0 N–H and O–H groups in total. The molecule has 1 aliphatic heterocycles. The lowest BCUT2D eigenvalue weighted by Crippen LogP contribution is -2.26. The van der Waals surface area contributed by atoms with Crippen LogP contribution in [-0.2, 0) is 4.74 Å². The van der Waals surface area contributed by atoms with Gasteiger partial charge in [-0.05, 0) is 47.9 Å². The van der Waals surface area contributed by atoms with Crippen LogP contribution in [0.4, 0.5) is 0 Å². The Kier molecular flexibility index (Phi) is 3.97. The molecule has 1 heterocycles. The Bertz CT molecular complexity index is 395. The van der Waals surface area contributed by atoms with Crippen LogP contribution in [0.1, 0.15) is 28.8 Å². The topological polar surface area (TPSA) is 26.3 Å². The number of benzene rings is 1. The molecule has 1 atom stereocenters. The van der Waals surface area contributed by atoms with Crippen molar-refractivity contribution in [3.05, 3.63) is 32.9 Å². The van der Waals surface area contributed by atoms with Crippen molar-refractivity contribution in [3.63, 3.8) is 0 Å². The Morgan fingerprint density at radius 2 is 2.31 bits per heavy atom. The molecule has 0 spiro atoms. The van der Waals surface area contributed by atoms with E-state index in [1.54, 1.807) is 0 Å². The second-order valence-corrected chi connectivity index (χ2v) is 5.29. The van der Waals surface area contributed by atoms with Gasteiger partial charge in [0.1, 0.15) is 0 Å². The van der Waals surface area contributed by atoms with Crippen LogP contribution in [-0.4, -0.2) is 19.0 Å². The van der Waals surface area contributed by atoms with E-state index in [0.29, 0.717) is 6.61 Å². The number of halogens is 1. The zero-order valence-corrected chi connectivity index (χ0v) is 11.5. The molecule has 0 amide bonds. The zero-order chi connectivity index (χ0) is 11.5. The molecule has 3 heteroatoms. The lowest BCUT2D eigenvalue weighted by atomic mass is 9.92. The fourth-order valence-electron chi connectivity index (χ4n) is 2.01. The summed E-state index contributed by atoms with van der Waals surface area (Å²) in [4.78, 5) is 12.3. The van der Waals surface area contributed by atoms with Gasteiger partial charge in [-0.3, -0.25) is 4.79 Å². The van der Waals surface area contributed by atoms with Gasteiger partial charge >= 0.3 is 0 Å². The molecule has 1 aliphatic rings. The van der Waals surface area contributed by atoms with Gasteiger partial charge in [-0.2, -0.15) is 0 Å². The number of Topliss-reactive ketones (excluding diaryl/α,β-unsaturated/α-hetero) is 1. The van der Waals surface area contributed by atoms with Crippen molar-refractivity contribution < 1.29 is 9.53 Å². The molecule has 0 aromatic heterocycles. The smallest absolute Gasteiger partial charge is 0.169 e. The van der Waals surface area contributed by atoms with E-state index in [2.05, 4.69) is 22.6 Å². The molecule has 1 aromatic carbocycles. The van der Waals surface area contributed by atoms with Crippen LogP contribution in [0, 0.1) is 16.4 Å². The first-order chi connectivity index (χ1) is 7.70. The second kappa shape index (κ2) is 5.27. The first-order valence-electron chi connectivity index (χ1n) is 5.57. The maximum atomic E-state index is 12.3. The molecule has 1 fully saturated rings. The number of ether oxygens (including phenoxy) is 1. The number of aryl methyl sites for hydroxylation is 1. The summed E-state index contributed by atoms with van der Waals surface area (Å²) >= 11 is 2.25. The van der Waals surface area contributed by atoms with E-state index in [4.69, 9.17) is 4.74 Å². The van der Waals surface area contributed by atoms with E-state index < -0.39 is 0 Å². The van der Waals surface area contributed by atoms with Gasteiger partial charge in [0, 0.05) is 21.7 Å². The Morgan fingerprint density at radius 3 is 3.00 bits per heavy atom. The standard InChI is InChI=1S/C13H15IO2/c1-9-4-2-6-11(12(9)14)13(15)10-5-3-7-16-8-10/h2,4,6,10H,3,5,7-8H2,1H3. The molecule has 0 aliphatic carbocycles. The summed E-state index contributed by atoms with van der Waals surface area (Å²) in [6, 6.07) is 5.91. The molecule has 1 saturated heterocycles. The molecule has 0 radical (unpaired) electrons. The lowest BCUT2D eigenvalue weighted by molar-refractivity contribution is 0.0460. The molecule has 16 heavy (non-hydrogen) atoms. The average Bonchev–Trinajstić information content (AvgIpc) is 2.33. The van der Waals surface area contributed by atoms with Crippen molar-refractivity contribution in [2.24, 2.45) is 5.92 Å². The van der Waals surface area contributed by atoms with Gasteiger partial charge in [0.05, 0.1) is 6.61 Å². The van der Waals surface area contributed by atoms with Crippen LogP contribution >= 0.6 is 22.6 Å². The summed E-state index contributed by atoms with van der Waals surface area (Å²) in [5, 5.41) is 0. The second-order valence-electron chi connectivity index (χ2n) is 4.21. The van der Waals surface area contributed by atoms with E-state index >= 15 is 0 Å². The monoisotopic (exact) mass is 330 g/mol. The van der Waals surface area contributed by atoms with Crippen molar-refractivity contribution in [3.8, 4) is 0 Å². The van der Waals surface area contributed by atoms with E-state index in [1.807, 2.05) is 25.1 Å². The number of carbonyl (C=O) groups excluding carboxylic acids is 1. The molecule has 2 rings (SSSR count). The third kappa shape index (κ3) is 2.46. The lowest BCUT2D eigenvalue weighted by Gasteiger charge is -2.21. The summed E-state index contributed by atoms with van der Waals surface area (Å²) in [6.07, 6.45) is 1.96. The average molecular weight is 330 g/mol. The number of hydrogen-bond acceptors (Lipinski definition) is 2. The van der Waals surface area contributed by atoms with Crippen molar-refractivity contribution >= 4 is 28.4 Å². The van der Waals surface area contributed by atoms with E-state index in [0.717, 1.165) is 28.6 Å². The van der Waals surface area contributed by atoms with Crippen LogP contribution in [0.15, 0.2) is 18.2 Å². The van der Waals surface area contributed by atoms with Crippen molar-refractivity contribution in [2.45, 2.75) is 19.8 Å². The maximum absolute atomic E-state index is 12.3. The van der Waals surface area contributed by atoms with Gasteiger partial charge < -0.3 is 4.74 Å². The number of carbonyl (C=O) groups is 1. The number of ketones is 1. The highest BCUT2D eigenvalue weighted by Crippen LogP contribution is 2.23. The van der Waals surface area contributed by atoms with Gasteiger partial charge in [-0.15, -0.1) is 0 Å². The molecular formula is C13H15IO2. The number of rotatable bonds is 2. The molecule has 1 aromatic rings. The normalized spacial score (nSPS) is 20.8. The summed E-state index contributed by atoms with van der Waals surface area (Å²) in [6.45, 7) is 3.42. The third-order valence-electron chi connectivity index (χ3n) is 2.99. The van der Waals surface area contributed by atoms with Crippen molar-refractivity contribution in [1.82, 2.24) is 0 Å². The molecule has 0 bridgehead atoms. The summed E-state index contributed by atoms with van der Waals surface area (Å²) in [5.41, 5.74) is 2.03. The highest BCUT2D eigenvalue weighted by atomic mass is 127. The van der Waals surface area contributed by atoms with Crippen molar-refractivity contribution in [1.29, 1.82) is 0 Å². The SMILES string of the molecule is Cc1cccc(C(=O)C2CCCOC2)c1I. The van der Waals surface area contributed by atoms with Gasteiger partial charge in [0.15, 0.2) is 5.78 Å². The first kappa shape index (κ1) is 12.0. The Balaban J connectivity index is 2.22. The summed E-state index contributed by atoms with van der Waals surface area (Å²) in [5.74, 6) is 0.303. The predicted octanol–water partition coefficient (Wildman–Crippen LogP) is 3.21. The van der Waals surface area contributed by atoms with Crippen molar-refractivity contribution in [2.75, 3.05) is 13.2 Å². The molecule has 2 nitrogen and oxygen atoms in total. The highest BCUT2D eigenvalue weighted by molar-refractivity contribution is 14.1. The quantitative estimate of drug-likeness (QED) is 0.615. The minimum absolute atomic E-state index is 0.0593. The van der Waals surface area contributed by atoms with Gasteiger partial charge in [0.25, 0.3) is 0 Å².